The molecule has 1 unspecified atom stereocenters. The van der Waals surface area contributed by atoms with E-state index < -0.39 is 17.2 Å². The van der Waals surface area contributed by atoms with Crippen LogP contribution < -0.4 is 11.1 Å². The van der Waals surface area contributed by atoms with Crippen molar-refractivity contribution in [2.45, 2.75) is 43.1 Å². The van der Waals surface area contributed by atoms with E-state index >= 15 is 0 Å². The zero-order valence-corrected chi connectivity index (χ0v) is 14.9. The van der Waals surface area contributed by atoms with Gasteiger partial charge >= 0.3 is 6.03 Å². The van der Waals surface area contributed by atoms with Crippen LogP contribution >= 0.6 is 11.8 Å². The highest BCUT2D eigenvalue weighted by Crippen LogP contribution is 2.42. The second-order valence-electron chi connectivity index (χ2n) is 6.29. The first kappa shape index (κ1) is 17.4. The average Bonchev–Trinajstić information content (AvgIpc) is 3.32. The number of aromatic nitrogens is 4. The third-order valence-electron chi connectivity index (χ3n) is 3.84. The quantitative estimate of drug-likeness (QED) is 0.761. The van der Waals surface area contributed by atoms with Crippen LogP contribution in [0, 0.1) is 5.92 Å². The van der Waals surface area contributed by atoms with Crippen LogP contribution in [0.4, 0.5) is 4.79 Å². The summed E-state index contributed by atoms with van der Waals surface area (Å²) in [7, 11) is 0. The zero-order valence-electron chi connectivity index (χ0n) is 14.0. The van der Waals surface area contributed by atoms with Crippen LogP contribution in [0.2, 0.25) is 0 Å². The normalized spacial score (nSPS) is 15.2. The molecule has 3 N–H and O–H groups in total. The minimum atomic E-state index is -0.851. The Balaban J connectivity index is 1.90. The number of amides is 3. The van der Waals surface area contributed by atoms with Gasteiger partial charge in [0.05, 0.1) is 5.25 Å². The molecule has 0 aromatic carbocycles. The van der Waals surface area contributed by atoms with E-state index in [2.05, 4.69) is 25.1 Å². The molecule has 1 saturated carbocycles. The van der Waals surface area contributed by atoms with E-state index in [-0.39, 0.29) is 5.92 Å². The Bertz CT molecular complexity index is 772. The van der Waals surface area contributed by atoms with Crippen molar-refractivity contribution in [1.82, 2.24) is 25.1 Å². The monoisotopic (exact) mass is 360 g/mol. The third kappa shape index (κ3) is 3.98. The molecule has 3 rings (SSSR count). The van der Waals surface area contributed by atoms with E-state index in [0.717, 1.165) is 24.2 Å². The Labute approximate surface area is 149 Å². The molecule has 2 aromatic heterocycles. The minimum Gasteiger partial charge on any atom is -0.351 e. The molecule has 9 heteroatoms. The van der Waals surface area contributed by atoms with E-state index in [4.69, 9.17) is 5.73 Å². The zero-order chi connectivity index (χ0) is 18.0. The van der Waals surface area contributed by atoms with Crippen molar-refractivity contribution in [3.8, 4) is 11.4 Å². The van der Waals surface area contributed by atoms with Crippen LogP contribution in [0.3, 0.4) is 0 Å². The molecule has 2 heterocycles. The highest BCUT2D eigenvalue weighted by molar-refractivity contribution is 8.00. The van der Waals surface area contributed by atoms with Gasteiger partial charge in [0, 0.05) is 24.0 Å². The summed E-state index contributed by atoms with van der Waals surface area (Å²) in [6.07, 6.45) is 5.56. The number of nitrogens with two attached hydrogens (primary N) is 1. The molecule has 0 radical (unpaired) electrons. The van der Waals surface area contributed by atoms with Crippen molar-refractivity contribution in [2.75, 3.05) is 0 Å². The smallest absolute Gasteiger partial charge is 0.318 e. The van der Waals surface area contributed by atoms with E-state index in [1.807, 2.05) is 26.0 Å². The van der Waals surface area contributed by atoms with Gasteiger partial charge in [-0.1, -0.05) is 25.6 Å². The van der Waals surface area contributed by atoms with E-state index in [9.17, 15) is 9.59 Å². The van der Waals surface area contributed by atoms with Crippen molar-refractivity contribution in [1.29, 1.82) is 0 Å². The number of carbonyl (C=O) groups is 2. The van der Waals surface area contributed by atoms with Gasteiger partial charge in [0.2, 0.25) is 5.91 Å². The number of nitrogens with zero attached hydrogens (tertiary/aromatic N) is 4. The molecule has 132 valence electrons. The molecule has 8 nitrogen and oxygen atoms in total. The Morgan fingerprint density at radius 3 is 2.68 bits per heavy atom. The van der Waals surface area contributed by atoms with Crippen molar-refractivity contribution < 1.29 is 9.59 Å². The molecule has 25 heavy (non-hydrogen) atoms. The van der Waals surface area contributed by atoms with Gasteiger partial charge in [-0.15, -0.1) is 10.2 Å². The third-order valence-corrected chi connectivity index (χ3v) is 5.34. The van der Waals surface area contributed by atoms with Crippen LogP contribution in [-0.2, 0) is 4.79 Å². The standard InChI is InChI=1S/C16H20N6O2S/c1-9(2)12(14(23)19-15(17)24)25-16-21-20-13(22(16)11-5-6-11)10-4-3-7-18-8-10/h3-4,7-9,11-12H,5-6H2,1-2H3,(H3,17,19,23,24). The summed E-state index contributed by atoms with van der Waals surface area (Å²) in [6.45, 7) is 3.83. The Morgan fingerprint density at radius 1 is 1.36 bits per heavy atom. The predicted octanol–water partition coefficient (Wildman–Crippen LogP) is 1.99. The summed E-state index contributed by atoms with van der Waals surface area (Å²) in [5, 5.41) is 10.9. The Kier molecular flexibility index (Phi) is 5.03. The number of primary amides is 1. The fraction of sp³-hybridized carbons (Fsp3) is 0.438. The molecule has 0 spiro atoms. The molecular formula is C16H20N6O2S. The van der Waals surface area contributed by atoms with E-state index in [0.29, 0.717) is 11.2 Å². The summed E-state index contributed by atoms with van der Waals surface area (Å²) in [4.78, 5) is 27.4. The van der Waals surface area contributed by atoms with Gasteiger partial charge in [0.15, 0.2) is 11.0 Å². The molecular weight excluding hydrogens is 340 g/mol. The fourth-order valence-corrected chi connectivity index (χ4v) is 3.61. The number of hydrogen-bond donors (Lipinski definition) is 2. The minimum absolute atomic E-state index is 0.00412. The maximum absolute atomic E-state index is 12.3. The van der Waals surface area contributed by atoms with Crippen LogP contribution in [0.25, 0.3) is 11.4 Å². The SMILES string of the molecule is CC(C)C(Sc1nnc(-c2cccnc2)n1C1CC1)C(=O)NC(N)=O. The Morgan fingerprint density at radius 2 is 2.12 bits per heavy atom. The summed E-state index contributed by atoms with van der Waals surface area (Å²) >= 11 is 1.31. The molecule has 0 aliphatic heterocycles. The maximum atomic E-state index is 12.3. The largest absolute Gasteiger partial charge is 0.351 e. The number of thioether (sulfide) groups is 1. The number of pyridine rings is 1. The summed E-state index contributed by atoms with van der Waals surface area (Å²) in [5.74, 6) is 0.326. The molecule has 2 aromatic rings. The molecule has 1 aliphatic carbocycles. The summed E-state index contributed by atoms with van der Waals surface area (Å²) in [5.41, 5.74) is 5.96. The van der Waals surface area contributed by atoms with Gasteiger partial charge in [-0.05, 0) is 30.9 Å². The predicted molar refractivity (Wildman–Crippen MR) is 93.7 cm³/mol. The van der Waals surface area contributed by atoms with Gasteiger partial charge in [0.25, 0.3) is 0 Å². The van der Waals surface area contributed by atoms with Gasteiger partial charge in [-0.2, -0.15) is 0 Å². The van der Waals surface area contributed by atoms with E-state index in [1.165, 1.54) is 11.8 Å². The first-order chi connectivity index (χ1) is 12.0. The van der Waals surface area contributed by atoms with Crippen LogP contribution in [0.5, 0.6) is 0 Å². The first-order valence-corrected chi connectivity index (χ1v) is 8.97. The highest BCUT2D eigenvalue weighted by Gasteiger charge is 2.33. The lowest BCUT2D eigenvalue weighted by Crippen LogP contribution is -2.42. The van der Waals surface area contributed by atoms with Crippen molar-refractivity contribution in [3.05, 3.63) is 24.5 Å². The molecule has 1 fully saturated rings. The average molecular weight is 360 g/mol. The van der Waals surface area contributed by atoms with Crippen molar-refractivity contribution >= 4 is 23.7 Å². The lowest BCUT2D eigenvalue weighted by atomic mass is 10.1. The number of hydrogen-bond acceptors (Lipinski definition) is 6. The van der Waals surface area contributed by atoms with Gasteiger partial charge in [-0.3, -0.25) is 19.7 Å². The van der Waals surface area contributed by atoms with Crippen LogP contribution in [-0.4, -0.2) is 36.9 Å². The van der Waals surface area contributed by atoms with Gasteiger partial charge in [0.1, 0.15) is 0 Å². The topological polar surface area (TPSA) is 116 Å². The summed E-state index contributed by atoms with van der Waals surface area (Å²) < 4.78 is 2.06. The maximum Gasteiger partial charge on any atom is 0.318 e. The van der Waals surface area contributed by atoms with Gasteiger partial charge in [-0.25, -0.2) is 4.79 Å². The second-order valence-corrected chi connectivity index (χ2v) is 7.39. The lowest BCUT2D eigenvalue weighted by Gasteiger charge is -2.19. The molecule has 0 saturated heterocycles. The number of imide groups is 1. The second kappa shape index (κ2) is 7.22. The van der Waals surface area contributed by atoms with Crippen molar-refractivity contribution in [2.24, 2.45) is 11.7 Å². The summed E-state index contributed by atoms with van der Waals surface area (Å²) in [6, 6.07) is 3.27. The fourth-order valence-electron chi connectivity index (χ4n) is 2.51. The first-order valence-electron chi connectivity index (χ1n) is 8.09. The molecule has 1 aliphatic rings. The van der Waals surface area contributed by atoms with Gasteiger partial charge < -0.3 is 5.73 Å². The highest BCUT2D eigenvalue weighted by atomic mass is 32.2. The molecule has 3 amide bonds. The van der Waals surface area contributed by atoms with E-state index in [1.54, 1.807) is 12.4 Å². The lowest BCUT2D eigenvalue weighted by molar-refractivity contribution is -0.120. The number of carbonyl (C=O) groups excluding carboxylic acids is 2. The molecule has 0 bridgehead atoms. The van der Waals surface area contributed by atoms with Crippen LogP contribution in [0.1, 0.15) is 32.7 Å². The van der Waals surface area contributed by atoms with Crippen LogP contribution in [0.15, 0.2) is 29.7 Å². The number of urea groups is 1. The number of nitrogens with one attached hydrogen (secondary N) is 1. The number of rotatable bonds is 6. The molecule has 1 atom stereocenters. The van der Waals surface area contributed by atoms with Crippen molar-refractivity contribution in [3.63, 3.8) is 0 Å². The Hall–Kier alpha value is -2.42.